The SMILES string of the molecule is O=c1n(-c2ccc(Oc3ccccc3)cc2)nc2n1C(c1ccccc1)CC2. The molecule has 2 heterocycles. The lowest BCUT2D eigenvalue weighted by atomic mass is 10.1. The average molecular weight is 369 g/mol. The van der Waals surface area contributed by atoms with E-state index in [0.717, 1.165) is 41.4 Å². The lowest BCUT2D eigenvalue weighted by Gasteiger charge is -2.12. The number of hydrogen-bond acceptors (Lipinski definition) is 3. The summed E-state index contributed by atoms with van der Waals surface area (Å²) in [7, 11) is 0. The summed E-state index contributed by atoms with van der Waals surface area (Å²) in [5, 5.41) is 4.58. The molecule has 3 aromatic carbocycles. The van der Waals surface area contributed by atoms with E-state index in [9.17, 15) is 4.79 Å². The Labute approximate surface area is 162 Å². The molecule has 5 nitrogen and oxygen atoms in total. The van der Waals surface area contributed by atoms with Gasteiger partial charge in [0, 0.05) is 6.42 Å². The molecule has 1 atom stereocenters. The predicted octanol–water partition coefficient (Wildman–Crippen LogP) is 4.36. The number of fused-ring (bicyclic) bond motifs is 1. The van der Waals surface area contributed by atoms with Gasteiger partial charge in [0.15, 0.2) is 0 Å². The fraction of sp³-hybridized carbons (Fsp3) is 0.130. The molecule has 0 saturated carbocycles. The first kappa shape index (κ1) is 16.6. The van der Waals surface area contributed by atoms with Gasteiger partial charge < -0.3 is 4.74 Å². The van der Waals surface area contributed by atoms with E-state index in [1.807, 2.05) is 77.4 Å². The summed E-state index contributed by atoms with van der Waals surface area (Å²) >= 11 is 0. The van der Waals surface area contributed by atoms with Crippen LogP contribution in [0.5, 0.6) is 11.5 Å². The van der Waals surface area contributed by atoms with Crippen molar-refractivity contribution in [2.75, 3.05) is 0 Å². The van der Waals surface area contributed by atoms with Gasteiger partial charge in [0.2, 0.25) is 0 Å². The summed E-state index contributed by atoms with van der Waals surface area (Å²) in [6.07, 6.45) is 1.71. The zero-order chi connectivity index (χ0) is 18.9. The van der Waals surface area contributed by atoms with Crippen LogP contribution < -0.4 is 10.4 Å². The van der Waals surface area contributed by atoms with Gasteiger partial charge >= 0.3 is 5.69 Å². The number of ether oxygens (including phenoxy) is 1. The van der Waals surface area contributed by atoms with Gasteiger partial charge in [-0.3, -0.25) is 4.57 Å². The molecule has 5 heteroatoms. The van der Waals surface area contributed by atoms with Gasteiger partial charge in [0.25, 0.3) is 0 Å². The largest absolute Gasteiger partial charge is 0.457 e. The zero-order valence-electron chi connectivity index (χ0n) is 15.2. The van der Waals surface area contributed by atoms with Crippen molar-refractivity contribution < 1.29 is 4.74 Å². The van der Waals surface area contributed by atoms with E-state index < -0.39 is 0 Å². The summed E-state index contributed by atoms with van der Waals surface area (Å²) < 4.78 is 9.13. The van der Waals surface area contributed by atoms with Gasteiger partial charge in [-0.2, -0.15) is 4.68 Å². The monoisotopic (exact) mass is 369 g/mol. The van der Waals surface area contributed by atoms with Crippen LogP contribution in [-0.2, 0) is 6.42 Å². The molecule has 0 fully saturated rings. The van der Waals surface area contributed by atoms with E-state index in [1.165, 1.54) is 4.68 Å². The van der Waals surface area contributed by atoms with E-state index in [0.29, 0.717) is 0 Å². The van der Waals surface area contributed by atoms with E-state index in [1.54, 1.807) is 0 Å². The molecule has 1 aliphatic rings. The third-order valence-corrected chi connectivity index (χ3v) is 5.08. The fourth-order valence-electron chi connectivity index (χ4n) is 3.74. The van der Waals surface area contributed by atoms with Crippen molar-refractivity contribution in [2.24, 2.45) is 0 Å². The normalized spacial score (nSPS) is 15.4. The molecule has 0 aliphatic carbocycles. The number of rotatable bonds is 4. The van der Waals surface area contributed by atoms with Crippen LogP contribution in [0.25, 0.3) is 5.69 Å². The van der Waals surface area contributed by atoms with Gasteiger partial charge in [-0.25, -0.2) is 4.79 Å². The highest BCUT2D eigenvalue weighted by atomic mass is 16.5. The molecule has 0 bridgehead atoms. The zero-order valence-corrected chi connectivity index (χ0v) is 15.2. The lowest BCUT2D eigenvalue weighted by Crippen LogP contribution is -2.26. The second-order valence-corrected chi connectivity index (χ2v) is 6.85. The summed E-state index contributed by atoms with van der Waals surface area (Å²) in [5.74, 6) is 2.33. The van der Waals surface area contributed by atoms with E-state index in [2.05, 4.69) is 17.2 Å². The first-order valence-corrected chi connectivity index (χ1v) is 9.38. The second kappa shape index (κ2) is 6.85. The van der Waals surface area contributed by atoms with Crippen LogP contribution in [0.2, 0.25) is 0 Å². The standard InChI is InChI=1S/C23H19N3O2/c27-23-25-21(17-7-3-1-4-8-17)15-16-22(25)24-26(23)18-11-13-20(14-12-18)28-19-9-5-2-6-10-19/h1-14,21H,15-16H2. The van der Waals surface area contributed by atoms with Crippen LogP contribution >= 0.6 is 0 Å². The fourth-order valence-corrected chi connectivity index (χ4v) is 3.74. The summed E-state index contributed by atoms with van der Waals surface area (Å²) in [6.45, 7) is 0. The Morgan fingerprint density at radius 3 is 2.18 bits per heavy atom. The minimum atomic E-state index is -0.0990. The Kier molecular flexibility index (Phi) is 4.05. The molecule has 138 valence electrons. The van der Waals surface area contributed by atoms with E-state index in [4.69, 9.17) is 4.74 Å². The topological polar surface area (TPSA) is 49.1 Å². The van der Waals surface area contributed by atoms with Crippen molar-refractivity contribution >= 4 is 0 Å². The Bertz CT molecular complexity index is 1150. The third kappa shape index (κ3) is 2.91. The Balaban J connectivity index is 1.44. The van der Waals surface area contributed by atoms with Gasteiger partial charge in [-0.15, -0.1) is 5.10 Å². The molecule has 5 rings (SSSR count). The summed E-state index contributed by atoms with van der Waals surface area (Å²) in [5.41, 5.74) is 1.78. The van der Waals surface area contributed by atoms with Crippen molar-refractivity contribution in [3.05, 3.63) is 107 Å². The maximum Gasteiger partial charge on any atom is 0.351 e. The van der Waals surface area contributed by atoms with Crippen LogP contribution in [0.4, 0.5) is 0 Å². The summed E-state index contributed by atoms with van der Waals surface area (Å²) in [4.78, 5) is 13.1. The van der Waals surface area contributed by atoms with Gasteiger partial charge in [-0.05, 0) is 48.4 Å². The van der Waals surface area contributed by atoms with Crippen LogP contribution in [0, 0.1) is 0 Å². The molecule has 0 N–H and O–H groups in total. The molecule has 0 radical (unpaired) electrons. The molecule has 1 aliphatic heterocycles. The number of aryl methyl sites for hydroxylation is 1. The average Bonchev–Trinajstić information content (AvgIpc) is 3.31. The highest BCUT2D eigenvalue weighted by Crippen LogP contribution is 2.29. The summed E-state index contributed by atoms with van der Waals surface area (Å²) in [6, 6.07) is 27.2. The van der Waals surface area contributed by atoms with Crippen LogP contribution in [0.3, 0.4) is 0 Å². The molecule has 4 aromatic rings. The first-order chi connectivity index (χ1) is 13.8. The minimum Gasteiger partial charge on any atom is -0.457 e. The molecular weight excluding hydrogens is 350 g/mol. The molecular formula is C23H19N3O2. The van der Waals surface area contributed by atoms with Gasteiger partial charge in [-0.1, -0.05) is 48.5 Å². The van der Waals surface area contributed by atoms with Crippen molar-refractivity contribution in [3.63, 3.8) is 0 Å². The molecule has 0 saturated heterocycles. The highest BCUT2D eigenvalue weighted by Gasteiger charge is 2.29. The maximum atomic E-state index is 13.1. The lowest BCUT2D eigenvalue weighted by molar-refractivity contribution is 0.482. The van der Waals surface area contributed by atoms with Crippen LogP contribution in [0.15, 0.2) is 89.7 Å². The first-order valence-electron chi connectivity index (χ1n) is 9.38. The van der Waals surface area contributed by atoms with E-state index >= 15 is 0 Å². The van der Waals surface area contributed by atoms with Crippen molar-refractivity contribution in [1.82, 2.24) is 14.3 Å². The van der Waals surface area contributed by atoms with Gasteiger partial charge in [0.05, 0.1) is 11.7 Å². The number of benzene rings is 3. The quantitative estimate of drug-likeness (QED) is 0.537. The molecule has 0 amide bonds. The van der Waals surface area contributed by atoms with Crippen molar-refractivity contribution in [1.29, 1.82) is 0 Å². The Morgan fingerprint density at radius 1 is 0.821 bits per heavy atom. The van der Waals surface area contributed by atoms with E-state index in [-0.39, 0.29) is 11.7 Å². The smallest absolute Gasteiger partial charge is 0.351 e. The van der Waals surface area contributed by atoms with Gasteiger partial charge in [0.1, 0.15) is 17.3 Å². The minimum absolute atomic E-state index is 0.0538. The Hall–Kier alpha value is -3.60. The van der Waals surface area contributed by atoms with Crippen LogP contribution in [0.1, 0.15) is 23.9 Å². The molecule has 1 unspecified atom stereocenters. The number of nitrogens with zero attached hydrogens (tertiary/aromatic N) is 3. The van der Waals surface area contributed by atoms with Crippen molar-refractivity contribution in [3.8, 4) is 17.2 Å². The number of hydrogen-bond donors (Lipinski definition) is 0. The number of aromatic nitrogens is 3. The second-order valence-electron chi connectivity index (χ2n) is 6.85. The Morgan fingerprint density at radius 2 is 1.46 bits per heavy atom. The van der Waals surface area contributed by atoms with Crippen LogP contribution in [-0.4, -0.2) is 14.3 Å². The maximum absolute atomic E-state index is 13.1. The molecule has 1 aromatic heterocycles. The highest BCUT2D eigenvalue weighted by molar-refractivity contribution is 5.39. The molecule has 0 spiro atoms. The predicted molar refractivity (Wildman–Crippen MR) is 107 cm³/mol. The van der Waals surface area contributed by atoms with Crippen molar-refractivity contribution in [2.45, 2.75) is 18.9 Å². The third-order valence-electron chi connectivity index (χ3n) is 5.08. The molecule has 28 heavy (non-hydrogen) atoms. The number of para-hydroxylation sites is 1.